The summed E-state index contributed by atoms with van der Waals surface area (Å²) in [5, 5.41) is 17.7. The fourth-order valence-corrected chi connectivity index (χ4v) is 5.43. The molecule has 0 aliphatic carbocycles. The first-order valence-corrected chi connectivity index (χ1v) is 13.8. The van der Waals surface area contributed by atoms with Gasteiger partial charge >= 0.3 is 5.97 Å². The number of carboxylic acids is 1. The molecule has 0 spiro atoms. The Morgan fingerprint density at radius 2 is 1.95 bits per heavy atom. The largest absolute Gasteiger partial charge is 0.493 e. The molecule has 1 amide bonds. The molecule has 9 nitrogen and oxygen atoms in total. The van der Waals surface area contributed by atoms with Gasteiger partial charge in [0.15, 0.2) is 16.6 Å². The minimum absolute atomic E-state index is 0.102. The van der Waals surface area contributed by atoms with Gasteiger partial charge in [-0.25, -0.2) is 4.98 Å². The number of ether oxygens (including phenoxy) is 2. The Morgan fingerprint density at radius 3 is 2.62 bits per heavy atom. The minimum atomic E-state index is -0.810. The van der Waals surface area contributed by atoms with Crippen LogP contribution in [0.25, 0.3) is 11.3 Å². The third-order valence-electron chi connectivity index (χ3n) is 6.93. The van der Waals surface area contributed by atoms with Crippen molar-refractivity contribution in [1.29, 1.82) is 0 Å². The Morgan fingerprint density at radius 1 is 1.12 bits per heavy atom. The predicted octanol–water partition coefficient (Wildman–Crippen LogP) is 5.41. The molecule has 0 fully saturated rings. The second-order valence-electron chi connectivity index (χ2n) is 9.80. The topological polar surface area (TPSA) is 123 Å². The van der Waals surface area contributed by atoms with E-state index in [1.54, 1.807) is 19.5 Å². The summed E-state index contributed by atoms with van der Waals surface area (Å²) in [6, 6.07) is 15.4. The van der Waals surface area contributed by atoms with E-state index in [9.17, 15) is 9.59 Å². The van der Waals surface area contributed by atoms with Crippen molar-refractivity contribution in [2.75, 3.05) is 19.0 Å². The average Bonchev–Trinajstić information content (AvgIpc) is 3.45. The van der Waals surface area contributed by atoms with Crippen molar-refractivity contribution in [2.24, 2.45) is 0 Å². The number of carboxylic acid groups (broad SMARTS) is 1. The van der Waals surface area contributed by atoms with Crippen LogP contribution in [0.4, 0.5) is 5.13 Å². The number of rotatable bonds is 10. The van der Waals surface area contributed by atoms with E-state index in [-0.39, 0.29) is 18.7 Å². The quantitative estimate of drug-likeness (QED) is 0.236. The number of amides is 1. The summed E-state index contributed by atoms with van der Waals surface area (Å²) in [6.45, 7) is 2.76. The van der Waals surface area contributed by atoms with Gasteiger partial charge in [0, 0.05) is 42.1 Å². The third kappa shape index (κ3) is 6.30. The van der Waals surface area contributed by atoms with Crippen LogP contribution in [0, 0.1) is 0 Å². The maximum absolute atomic E-state index is 12.8. The SMILES string of the molecule is COc1cc2c(cc1Oc1ccc(-c3ccc(CCC(=O)O)cc3)nc1)[C@@](C)(CC(=O)Nc1nccs1)NCC2. The van der Waals surface area contributed by atoms with Crippen LogP contribution in [0.3, 0.4) is 0 Å². The summed E-state index contributed by atoms with van der Waals surface area (Å²) in [7, 11) is 1.61. The molecule has 40 heavy (non-hydrogen) atoms. The first kappa shape index (κ1) is 27.3. The monoisotopic (exact) mass is 558 g/mol. The molecule has 0 saturated heterocycles. The van der Waals surface area contributed by atoms with E-state index in [0.29, 0.717) is 28.8 Å². The van der Waals surface area contributed by atoms with Crippen LogP contribution in [0.1, 0.15) is 36.5 Å². The highest BCUT2D eigenvalue weighted by molar-refractivity contribution is 7.13. The number of methoxy groups -OCH3 is 1. The smallest absolute Gasteiger partial charge is 0.303 e. The summed E-state index contributed by atoms with van der Waals surface area (Å²) < 4.78 is 11.9. The summed E-state index contributed by atoms with van der Waals surface area (Å²) in [5.41, 5.74) is 4.15. The van der Waals surface area contributed by atoms with E-state index in [1.165, 1.54) is 11.3 Å². The number of anilines is 1. The lowest BCUT2D eigenvalue weighted by Gasteiger charge is -2.37. The number of carbonyl (C=O) groups excluding carboxylic acids is 1. The zero-order valence-electron chi connectivity index (χ0n) is 22.3. The third-order valence-corrected chi connectivity index (χ3v) is 7.62. The van der Waals surface area contributed by atoms with E-state index >= 15 is 0 Å². The number of nitrogens with one attached hydrogen (secondary N) is 2. The summed E-state index contributed by atoms with van der Waals surface area (Å²) in [5.74, 6) is 0.762. The van der Waals surface area contributed by atoms with Gasteiger partial charge in [-0.3, -0.25) is 14.6 Å². The van der Waals surface area contributed by atoms with Gasteiger partial charge in [0.1, 0.15) is 5.75 Å². The van der Waals surface area contributed by atoms with Gasteiger partial charge in [-0.05, 0) is 60.7 Å². The van der Waals surface area contributed by atoms with Gasteiger partial charge in [0.05, 0.1) is 19.0 Å². The Hall–Kier alpha value is -4.28. The number of hydrogen-bond donors (Lipinski definition) is 3. The summed E-state index contributed by atoms with van der Waals surface area (Å²) >= 11 is 1.38. The van der Waals surface area contributed by atoms with Crippen LogP contribution in [0.2, 0.25) is 0 Å². The van der Waals surface area contributed by atoms with Crippen molar-refractivity contribution < 1.29 is 24.2 Å². The van der Waals surface area contributed by atoms with E-state index in [4.69, 9.17) is 14.6 Å². The second kappa shape index (κ2) is 11.8. The van der Waals surface area contributed by atoms with Crippen molar-refractivity contribution in [3.63, 3.8) is 0 Å². The van der Waals surface area contributed by atoms with Gasteiger partial charge in [-0.2, -0.15) is 0 Å². The number of aliphatic carboxylic acids is 1. The Labute approximate surface area is 236 Å². The number of aromatic nitrogens is 2. The lowest BCUT2D eigenvalue weighted by Crippen LogP contribution is -2.47. The van der Waals surface area contributed by atoms with Crippen LogP contribution >= 0.6 is 11.3 Å². The molecule has 0 saturated carbocycles. The number of thiazole rings is 1. The van der Waals surface area contributed by atoms with Crippen molar-refractivity contribution in [3.05, 3.63) is 83.0 Å². The first-order valence-electron chi connectivity index (χ1n) is 12.9. The molecule has 10 heteroatoms. The molecule has 0 radical (unpaired) electrons. The lowest BCUT2D eigenvalue weighted by molar-refractivity contribution is -0.137. The van der Waals surface area contributed by atoms with Crippen LogP contribution in [-0.2, 0) is 28.0 Å². The molecule has 3 N–H and O–H groups in total. The Kier molecular flexibility index (Phi) is 8.09. The molecule has 3 heterocycles. The Balaban J connectivity index is 1.33. The van der Waals surface area contributed by atoms with Crippen molar-refractivity contribution in [1.82, 2.24) is 15.3 Å². The van der Waals surface area contributed by atoms with Gasteiger partial charge < -0.3 is 25.2 Å². The molecule has 0 bridgehead atoms. The van der Waals surface area contributed by atoms with E-state index in [2.05, 4.69) is 20.6 Å². The fourth-order valence-electron chi connectivity index (χ4n) is 4.89. The van der Waals surface area contributed by atoms with Crippen LogP contribution in [0.5, 0.6) is 17.2 Å². The van der Waals surface area contributed by atoms with Crippen LogP contribution in [-0.4, -0.2) is 40.6 Å². The maximum Gasteiger partial charge on any atom is 0.303 e. The number of hydrogen-bond acceptors (Lipinski definition) is 8. The summed E-state index contributed by atoms with van der Waals surface area (Å²) in [6.07, 6.45) is 4.95. The number of benzene rings is 2. The Bertz CT molecular complexity index is 1490. The highest BCUT2D eigenvalue weighted by Gasteiger charge is 2.35. The van der Waals surface area contributed by atoms with Gasteiger partial charge in [-0.15, -0.1) is 11.3 Å². The molecule has 2 aromatic heterocycles. The molecular weight excluding hydrogens is 528 g/mol. The van der Waals surface area contributed by atoms with E-state index in [0.717, 1.165) is 40.9 Å². The fraction of sp³-hybridized carbons (Fsp3) is 0.267. The van der Waals surface area contributed by atoms with Gasteiger partial charge in [-0.1, -0.05) is 24.3 Å². The van der Waals surface area contributed by atoms with E-state index in [1.807, 2.05) is 60.8 Å². The minimum Gasteiger partial charge on any atom is -0.493 e. The second-order valence-corrected chi connectivity index (χ2v) is 10.7. The number of nitrogens with zero attached hydrogens (tertiary/aromatic N) is 2. The van der Waals surface area contributed by atoms with E-state index < -0.39 is 11.5 Å². The lowest BCUT2D eigenvalue weighted by atomic mass is 9.81. The predicted molar refractivity (Wildman–Crippen MR) is 153 cm³/mol. The van der Waals surface area contributed by atoms with Crippen LogP contribution < -0.4 is 20.1 Å². The molecule has 0 unspecified atom stereocenters. The van der Waals surface area contributed by atoms with Crippen LogP contribution in [0.15, 0.2) is 66.3 Å². The molecular formula is C30H30N4O5S. The number of aryl methyl sites for hydroxylation is 1. The molecule has 5 rings (SSSR count). The highest BCUT2D eigenvalue weighted by Crippen LogP contribution is 2.41. The number of pyridine rings is 1. The normalized spacial score (nSPS) is 16.1. The van der Waals surface area contributed by atoms with Crippen molar-refractivity contribution >= 4 is 28.3 Å². The standard InChI is InChI=1S/C30H30N4O5S/c1-30(17-27(35)34-29-31-13-14-40-29)23-16-26(25(38-2)15-21(23)11-12-33-30)39-22-8-9-24(32-18-22)20-6-3-19(4-7-20)5-10-28(36)37/h3-4,6-9,13-16,18,33H,5,10-12,17H2,1-2H3,(H,36,37)(H,31,34,35)/t30-/m1/s1. The molecule has 1 aliphatic heterocycles. The van der Waals surface area contributed by atoms with Crippen molar-refractivity contribution in [2.45, 2.75) is 38.1 Å². The molecule has 2 aromatic carbocycles. The maximum atomic E-state index is 12.8. The molecule has 206 valence electrons. The van der Waals surface area contributed by atoms with Crippen molar-refractivity contribution in [3.8, 4) is 28.5 Å². The zero-order valence-corrected chi connectivity index (χ0v) is 23.1. The highest BCUT2D eigenvalue weighted by atomic mass is 32.1. The first-order chi connectivity index (χ1) is 19.3. The van der Waals surface area contributed by atoms with Gasteiger partial charge in [0.25, 0.3) is 0 Å². The van der Waals surface area contributed by atoms with Gasteiger partial charge in [0.2, 0.25) is 5.91 Å². The number of fused-ring (bicyclic) bond motifs is 1. The zero-order chi connectivity index (χ0) is 28.1. The molecule has 1 atom stereocenters. The number of carbonyl (C=O) groups is 2. The molecule has 1 aliphatic rings. The summed E-state index contributed by atoms with van der Waals surface area (Å²) in [4.78, 5) is 32.4. The molecule has 4 aromatic rings. The average molecular weight is 559 g/mol.